The summed E-state index contributed by atoms with van der Waals surface area (Å²) >= 11 is 0. The molecule has 2 N–H and O–H groups in total. The van der Waals surface area contributed by atoms with E-state index < -0.39 is 0 Å². The van der Waals surface area contributed by atoms with Gasteiger partial charge in [0.25, 0.3) is 0 Å². The van der Waals surface area contributed by atoms with Crippen LogP contribution in [0.15, 0.2) is 17.1 Å². The summed E-state index contributed by atoms with van der Waals surface area (Å²) in [5, 5.41) is 0. The molecule has 0 amide bonds. The molecule has 23 heavy (non-hydrogen) atoms. The van der Waals surface area contributed by atoms with Gasteiger partial charge in [0.15, 0.2) is 0 Å². The van der Waals surface area contributed by atoms with Crippen LogP contribution in [0.5, 0.6) is 5.75 Å². The van der Waals surface area contributed by atoms with E-state index in [2.05, 4.69) is 41.6 Å². The highest BCUT2D eigenvalue weighted by Gasteiger charge is 2.47. The van der Waals surface area contributed by atoms with Crippen LogP contribution in [0.25, 0.3) is 0 Å². The van der Waals surface area contributed by atoms with Crippen LogP contribution >= 0.6 is 0 Å². The van der Waals surface area contributed by atoms with Crippen LogP contribution in [-0.4, -0.2) is 37.5 Å². The Labute approximate surface area is 138 Å². The van der Waals surface area contributed by atoms with Crippen molar-refractivity contribution in [1.29, 1.82) is 0 Å². The second-order valence-electron chi connectivity index (χ2n) is 6.27. The number of fused-ring (bicyclic) bond motifs is 2. The van der Waals surface area contributed by atoms with Gasteiger partial charge in [0, 0.05) is 0 Å². The molecule has 1 fully saturated rings. The Morgan fingerprint density at radius 2 is 2.04 bits per heavy atom. The van der Waals surface area contributed by atoms with E-state index in [1.165, 1.54) is 12.0 Å². The Morgan fingerprint density at radius 3 is 2.61 bits per heavy atom. The van der Waals surface area contributed by atoms with Crippen molar-refractivity contribution in [2.75, 3.05) is 26.7 Å². The van der Waals surface area contributed by atoms with Crippen molar-refractivity contribution >= 4 is 11.5 Å². The molecule has 2 aliphatic rings. The van der Waals surface area contributed by atoms with Gasteiger partial charge >= 0.3 is 0 Å². The summed E-state index contributed by atoms with van der Waals surface area (Å²) in [6.45, 7) is 7.09. The van der Waals surface area contributed by atoms with Crippen LogP contribution in [-0.2, 0) is 5.41 Å². The van der Waals surface area contributed by atoms with E-state index in [1.807, 2.05) is 6.07 Å². The third-order valence-corrected chi connectivity index (χ3v) is 5.19. The number of nitrogens with zero attached hydrogens (tertiary/aromatic N) is 2. The molecule has 122 valence electrons. The molecule has 0 radical (unpaired) electrons. The zero-order chi connectivity index (χ0) is 16.4. The first-order chi connectivity index (χ1) is 11.1. The fourth-order valence-corrected chi connectivity index (χ4v) is 3.44. The lowest BCUT2D eigenvalue weighted by Gasteiger charge is -2.38. The fraction of sp³-hybridized carbons (Fsp3) is 0.526. The van der Waals surface area contributed by atoms with Crippen LogP contribution in [0, 0.1) is 11.8 Å². The second kappa shape index (κ2) is 6.25. The van der Waals surface area contributed by atoms with Crippen LogP contribution in [0.3, 0.4) is 0 Å². The van der Waals surface area contributed by atoms with E-state index in [1.54, 1.807) is 7.11 Å². The molecule has 0 atom stereocenters. The number of hydrogen-bond acceptors (Lipinski definition) is 4. The minimum atomic E-state index is -0.0320. The number of aliphatic imine (C=N–C) groups is 1. The Kier molecular flexibility index (Phi) is 4.32. The summed E-state index contributed by atoms with van der Waals surface area (Å²) in [5.41, 5.74) is 9.25. The average Bonchev–Trinajstić information content (AvgIpc) is 2.81. The Bertz CT molecular complexity index is 689. The summed E-state index contributed by atoms with van der Waals surface area (Å²) in [5.74, 6) is 8.07. The van der Waals surface area contributed by atoms with Gasteiger partial charge in [-0.1, -0.05) is 32.1 Å². The lowest BCUT2D eigenvalue weighted by Crippen LogP contribution is -2.44. The van der Waals surface area contributed by atoms with Crippen molar-refractivity contribution in [1.82, 2.24) is 4.90 Å². The van der Waals surface area contributed by atoms with Gasteiger partial charge in [0.2, 0.25) is 0 Å². The lowest BCUT2D eigenvalue weighted by atomic mass is 9.64. The standard InChI is InChI=1S/C19H25N3O/c1-4-22(5-2)11-6-8-14-12-16-15(13-17(14)23-3)19(9-7-10-19)18(20)21-16/h12-13H,4-5,7,9-11H2,1-3H3,(H2,20,21). The first-order valence-corrected chi connectivity index (χ1v) is 8.43. The molecule has 4 nitrogen and oxygen atoms in total. The normalized spacial score (nSPS) is 17.3. The van der Waals surface area contributed by atoms with Crippen LogP contribution in [0.4, 0.5) is 5.69 Å². The Balaban J connectivity index is 1.91. The molecule has 1 aliphatic carbocycles. The summed E-state index contributed by atoms with van der Waals surface area (Å²) in [4.78, 5) is 6.88. The van der Waals surface area contributed by atoms with Crippen molar-refractivity contribution in [3.8, 4) is 17.6 Å². The highest BCUT2D eigenvalue weighted by atomic mass is 16.5. The zero-order valence-corrected chi connectivity index (χ0v) is 14.3. The van der Waals surface area contributed by atoms with Crippen molar-refractivity contribution < 1.29 is 4.74 Å². The largest absolute Gasteiger partial charge is 0.495 e. The van der Waals surface area contributed by atoms with Gasteiger partial charge in [-0.05, 0) is 43.6 Å². The third-order valence-electron chi connectivity index (χ3n) is 5.19. The van der Waals surface area contributed by atoms with E-state index >= 15 is 0 Å². The highest BCUT2D eigenvalue weighted by molar-refractivity contribution is 6.00. The predicted molar refractivity (Wildman–Crippen MR) is 94.5 cm³/mol. The second-order valence-corrected chi connectivity index (χ2v) is 6.27. The number of hydrogen-bond donors (Lipinski definition) is 1. The quantitative estimate of drug-likeness (QED) is 0.870. The van der Waals surface area contributed by atoms with Gasteiger partial charge in [-0.3, -0.25) is 4.90 Å². The van der Waals surface area contributed by atoms with Gasteiger partial charge in [-0.15, -0.1) is 0 Å². The van der Waals surface area contributed by atoms with Gasteiger partial charge < -0.3 is 10.5 Å². The molecule has 0 aromatic heterocycles. The van der Waals surface area contributed by atoms with E-state index in [4.69, 9.17) is 10.5 Å². The first-order valence-electron chi connectivity index (χ1n) is 8.43. The number of ether oxygens (including phenoxy) is 1. The molecule has 1 aliphatic heterocycles. The number of nitrogens with two attached hydrogens (primary N) is 1. The van der Waals surface area contributed by atoms with Crippen LogP contribution in [0.1, 0.15) is 44.2 Å². The number of amidine groups is 1. The average molecular weight is 311 g/mol. The smallest absolute Gasteiger partial charge is 0.134 e. The van der Waals surface area contributed by atoms with Crippen molar-refractivity contribution in [2.24, 2.45) is 10.7 Å². The molecule has 1 spiro atoms. The predicted octanol–water partition coefficient (Wildman–Crippen LogP) is 2.81. The summed E-state index contributed by atoms with van der Waals surface area (Å²) < 4.78 is 5.57. The molecule has 1 aromatic carbocycles. The van der Waals surface area contributed by atoms with Crippen molar-refractivity contribution in [3.05, 3.63) is 23.3 Å². The van der Waals surface area contributed by atoms with Gasteiger partial charge in [0.05, 0.1) is 30.3 Å². The minimum absolute atomic E-state index is 0.0320. The van der Waals surface area contributed by atoms with E-state index in [9.17, 15) is 0 Å². The van der Waals surface area contributed by atoms with Crippen LogP contribution < -0.4 is 10.5 Å². The third kappa shape index (κ3) is 2.60. The molecular formula is C19H25N3O. The first kappa shape index (κ1) is 15.9. The molecule has 1 aromatic rings. The molecule has 0 saturated heterocycles. The number of benzene rings is 1. The van der Waals surface area contributed by atoms with Gasteiger partial charge in [0.1, 0.15) is 11.6 Å². The van der Waals surface area contributed by atoms with Crippen LogP contribution in [0.2, 0.25) is 0 Å². The Hall–Kier alpha value is -1.99. The molecular weight excluding hydrogens is 286 g/mol. The molecule has 0 bridgehead atoms. The number of methoxy groups -OCH3 is 1. The summed E-state index contributed by atoms with van der Waals surface area (Å²) in [6.07, 6.45) is 3.39. The lowest BCUT2D eigenvalue weighted by molar-refractivity contribution is 0.342. The zero-order valence-electron chi connectivity index (χ0n) is 14.3. The van der Waals surface area contributed by atoms with E-state index in [-0.39, 0.29) is 5.41 Å². The topological polar surface area (TPSA) is 50.9 Å². The Morgan fingerprint density at radius 1 is 1.30 bits per heavy atom. The van der Waals surface area contributed by atoms with Gasteiger partial charge in [-0.25, -0.2) is 4.99 Å². The molecule has 0 unspecified atom stereocenters. The maximum atomic E-state index is 6.21. The van der Waals surface area contributed by atoms with Crippen molar-refractivity contribution in [3.63, 3.8) is 0 Å². The number of rotatable bonds is 4. The van der Waals surface area contributed by atoms with Gasteiger partial charge in [-0.2, -0.15) is 0 Å². The molecule has 1 saturated carbocycles. The van der Waals surface area contributed by atoms with E-state index in [0.717, 1.165) is 55.3 Å². The minimum Gasteiger partial charge on any atom is -0.495 e. The van der Waals surface area contributed by atoms with E-state index in [0.29, 0.717) is 0 Å². The molecule has 1 heterocycles. The summed E-state index contributed by atoms with van der Waals surface area (Å²) in [7, 11) is 1.70. The molecule has 4 heteroatoms. The SMILES string of the molecule is CCN(CC)CC#Cc1cc2c(cc1OC)C1(CCC1)C(N)=N2. The maximum Gasteiger partial charge on any atom is 0.134 e. The fourth-order valence-electron chi connectivity index (χ4n) is 3.44. The maximum absolute atomic E-state index is 6.21. The highest BCUT2D eigenvalue weighted by Crippen LogP contribution is 2.52. The monoisotopic (exact) mass is 311 g/mol. The summed E-state index contributed by atoms with van der Waals surface area (Å²) in [6, 6.07) is 4.13. The molecule has 3 rings (SSSR count). The van der Waals surface area contributed by atoms with Crippen molar-refractivity contribution in [2.45, 2.75) is 38.5 Å².